The number of amides is 1. The molecule has 0 spiro atoms. The Morgan fingerprint density at radius 1 is 1.45 bits per heavy atom. The van der Waals surface area contributed by atoms with Gasteiger partial charge in [0.2, 0.25) is 0 Å². The molecule has 0 radical (unpaired) electrons. The minimum absolute atomic E-state index is 0.0335. The molecule has 3 N–H and O–H groups in total. The largest absolute Gasteiger partial charge is 0.481 e. The van der Waals surface area contributed by atoms with Crippen LogP contribution in [0, 0.1) is 0 Å². The number of aliphatic carboxylic acids is 1. The van der Waals surface area contributed by atoms with E-state index in [1.54, 1.807) is 0 Å². The molecule has 0 aromatic rings. The predicted molar refractivity (Wildman–Crippen MR) is 43.7 cm³/mol. The zero-order valence-corrected chi connectivity index (χ0v) is 7.00. The van der Waals surface area contributed by atoms with Crippen LogP contribution in [0.3, 0.4) is 0 Å². The second-order valence-corrected chi connectivity index (χ2v) is 3.82. The molecule has 0 heterocycles. The summed E-state index contributed by atoms with van der Waals surface area (Å²) in [4.78, 5) is 20.7. The summed E-state index contributed by atoms with van der Waals surface area (Å²) in [5, 5.41) is 9.41. The lowest BCUT2D eigenvalue weighted by Gasteiger charge is -1.97. The van der Waals surface area contributed by atoms with Gasteiger partial charge in [-0.25, -0.2) is 4.79 Å². The lowest BCUT2D eigenvalue weighted by molar-refractivity contribution is -0.133. The number of hydrogen-bond acceptors (Lipinski definition) is 6. The quantitative estimate of drug-likeness (QED) is 0.343. The Hall–Kier alpha value is -0.560. The van der Waals surface area contributed by atoms with Crippen molar-refractivity contribution in [1.29, 1.82) is 2.86 Å². The van der Waals surface area contributed by atoms with Crippen LogP contribution in [-0.2, 0) is 4.79 Å². The predicted octanol–water partition coefficient (Wildman–Crippen LogP) is 0.677. The zero-order valence-electron chi connectivity index (χ0n) is 7.36. The van der Waals surface area contributed by atoms with Crippen molar-refractivity contribution in [3.63, 3.8) is 0 Å². The van der Waals surface area contributed by atoms with Crippen molar-refractivity contribution < 1.29 is 19.8 Å². The highest BCUT2D eigenvalue weighted by molar-refractivity contribution is 8.76. The van der Waals surface area contributed by atoms with Gasteiger partial charge in [-0.3, -0.25) is 4.79 Å². The third-order valence-corrected chi connectivity index (χ3v) is 2.53. The smallest absolute Gasteiger partial charge is 0.405 e. The standard InChI is InChI=1S/C4H7NO4S2/c6-3(7)1-10-11-2-5-4(8)9/h5H,1-2H2,(H,6,7)(H,8,9)/i/hD2. The second kappa shape index (κ2) is 6.17. The van der Waals surface area contributed by atoms with Gasteiger partial charge in [0.25, 0.3) is 2.86 Å². The van der Waals surface area contributed by atoms with Crippen LogP contribution in [0.1, 0.15) is 0 Å². The fraction of sp³-hybridized carbons (Fsp3) is 0.500. The zero-order chi connectivity index (χ0) is 10.1. The van der Waals surface area contributed by atoms with Gasteiger partial charge in [0, 0.05) is 0 Å². The van der Waals surface area contributed by atoms with Gasteiger partial charge in [0.05, 0.1) is 5.88 Å². The van der Waals surface area contributed by atoms with Gasteiger partial charge >= 0.3 is 12.1 Å². The third kappa shape index (κ3) is 9.44. The molecule has 0 unspecified atom stereocenters. The molecule has 11 heavy (non-hydrogen) atoms. The molecule has 0 saturated heterocycles. The van der Waals surface area contributed by atoms with Gasteiger partial charge in [0.15, 0.2) is 0 Å². The van der Waals surface area contributed by atoms with Crippen molar-refractivity contribution in [2.24, 2.45) is 0 Å². The average molecular weight is 199 g/mol. The number of carbonyl (C=O) groups is 2. The van der Waals surface area contributed by atoms with Crippen molar-refractivity contribution in [2.75, 3.05) is 11.6 Å². The van der Waals surface area contributed by atoms with Crippen LogP contribution in [0.2, 0.25) is 0 Å². The van der Waals surface area contributed by atoms with E-state index in [4.69, 9.17) is 2.86 Å². The minimum Gasteiger partial charge on any atom is -0.481 e. The molecule has 0 bridgehead atoms. The number of hydrogen-bond donors (Lipinski definition) is 3. The second-order valence-electron chi connectivity index (χ2n) is 1.36. The fourth-order valence-electron chi connectivity index (χ4n) is 0.220. The van der Waals surface area contributed by atoms with Crippen molar-refractivity contribution >= 4 is 33.7 Å². The molecular weight excluding hydrogens is 190 g/mol. The van der Waals surface area contributed by atoms with E-state index in [1.165, 1.54) is 10.8 Å². The van der Waals surface area contributed by atoms with E-state index in [-0.39, 0.29) is 11.6 Å². The minimum atomic E-state index is -0.851. The summed E-state index contributed by atoms with van der Waals surface area (Å²) >= 11 is 0. The normalized spacial score (nSPS) is 10.9. The molecule has 0 aliphatic carbocycles. The summed E-state index contributed by atoms with van der Waals surface area (Å²) in [6.07, 6.45) is -0.851. The molecular formula is C4H7NO4S2. The molecule has 5 nitrogen and oxygen atoms in total. The van der Waals surface area contributed by atoms with Crippen LogP contribution < -0.4 is 5.32 Å². The lowest BCUT2D eigenvalue weighted by atomic mass is 10.8. The van der Waals surface area contributed by atoms with E-state index < -0.39 is 12.1 Å². The number of rotatable bonds is 5. The lowest BCUT2D eigenvalue weighted by Crippen LogP contribution is -2.19. The number of carboxylic acid groups (broad SMARTS) is 2. The maximum atomic E-state index is 10.4. The van der Waals surface area contributed by atoms with E-state index in [2.05, 4.69) is 15.5 Å². The maximum Gasteiger partial charge on any atom is 0.405 e. The van der Waals surface area contributed by atoms with Gasteiger partial charge in [-0.05, 0) is 0 Å². The molecule has 64 valence electrons. The van der Waals surface area contributed by atoms with Gasteiger partial charge < -0.3 is 15.5 Å². The van der Waals surface area contributed by atoms with Crippen LogP contribution in [0.5, 0.6) is 0 Å². The highest BCUT2D eigenvalue weighted by Gasteiger charge is 1.97. The third-order valence-electron chi connectivity index (χ3n) is 0.536. The van der Waals surface area contributed by atoms with Gasteiger partial charge in [-0.2, -0.15) is 0 Å². The molecule has 7 heteroatoms. The summed E-state index contributed by atoms with van der Waals surface area (Å²) in [6.45, 7) is 0. The Labute approximate surface area is 73.9 Å². The molecule has 0 aliphatic rings. The summed E-state index contributed by atoms with van der Waals surface area (Å²) in [7, 11) is 2.31. The fourth-order valence-corrected chi connectivity index (χ4v) is 1.62. The molecule has 0 fully saturated rings. The van der Waals surface area contributed by atoms with Gasteiger partial charge in [-0.15, -0.1) is 0 Å². The molecule has 0 saturated carbocycles. The first-order valence-corrected chi connectivity index (χ1v) is 5.01. The SMILES string of the molecule is [2H]OC(=O)CSSCNC(=O)O[2H]. The van der Waals surface area contributed by atoms with Crippen LogP contribution in [0.15, 0.2) is 0 Å². The molecule has 0 rings (SSSR count). The summed E-state index contributed by atoms with van der Waals surface area (Å²) < 4.78 is 12.4. The Morgan fingerprint density at radius 2 is 2.27 bits per heavy atom. The van der Waals surface area contributed by atoms with E-state index >= 15 is 0 Å². The van der Waals surface area contributed by atoms with Crippen molar-refractivity contribution in [3.05, 3.63) is 0 Å². The Balaban J connectivity index is 3.17. The Bertz CT molecular complexity index is 164. The van der Waals surface area contributed by atoms with Crippen LogP contribution in [0.4, 0.5) is 4.79 Å². The Kier molecular flexibility index (Phi) is 3.99. The van der Waals surface area contributed by atoms with E-state index in [9.17, 15) is 9.59 Å². The first-order chi connectivity index (χ1) is 6.20. The van der Waals surface area contributed by atoms with Crippen molar-refractivity contribution in [3.8, 4) is 0 Å². The number of nitrogens with one attached hydrogen (secondary N) is 1. The average Bonchev–Trinajstić information content (AvgIpc) is 2.16. The van der Waals surface area contributed by atoms with E-state index in [1.807, 2.05) is 0 Å². The van der Waals surface area contributed by atoms with Crippen LogP contribution in [0.25, 0.3) is 2.86 Å². The summed E-state index contributed by atoms with van der Waals surface area (Å²) in [6, 6.07) is 0. The van der Waals surface area contributed by atoms with Crippen molar-refractivity contribution in [1.82, 2.24) is 5.32 Å². The first-order valence-electron chi connectivity index (χ1n) is 3.33. The summed E-state index contributed by atoms with van der Waals surface area (Å²) in [5.74, 6) is -0.403. The molecule has 0 aromatic carbocycles. The molecule has 0 atom stereocenters. The Morgan fingerprint density at radius 3 is 2.91 bits per heavy atom. The van der Waals surface area contributed by atoms with E-state index in [0.29, 0.717) is 0 Å². The molecule has 0 aliphatic heterocycles. The van der Waals surface area contributed by atoms with Gasteiger partial charge in [-0.1, -0.05) is 21.6 Å². The highest BCUT2D eigenvalue weighted by Crippen LogP contribution is 2.18. The molecule has 0 aromatic heterocycles. The van der Waals surface area contributed by atoms with Gasteiger partial charge in [0.1, 0.15) is 5.75 Å². The topological polar surface area (TPSA) is 86.6 Å². The van der Waals surface area contributed by atoms with Crippen LogP contribution >= 0.6 is 21.6 Å². The van der Waals surface area contributed by atoms with Crippen LogP contribution in [-0.4, -0.2) is 33.9 Å². The first kappa shape index (κ1) is 7.11. The number of carboxylic acids is 1. The monoisotopic (exact) mass is 199 g/mol. The maximum absolute atomic E-state index is 10.4. The molecule has 1 amide bonds. The van der Waals surface area contributed by atoms with Crippen molar-refractivity contribution in [2.45, 2.75) is 0 Å². The highest BCUT2D eigenvalue weighted by atomic mass is 33.1. The van der Waals surface area contributed by atoms with E-state index in [0.717, 1.165) is 10.8 Å². The summed E-state index contributed by atoms with van der Waals surface area (Å²) in [5.41, 5.74) is 0.